The molecule has 0 N–H and O–H groups in total. The Labute approximate surface area is 97.2 Å². The Hall–Kier alpha value is -0.740. The maximum Gasteiger partial charge on any atom is 0.416 e. The number of ether oxygens (including phenoxy) is 1. The number of benzene rings is 1. The van der Waals surface area contributed by atoms with Crippen molar-refractivity contribution in [2.24, 2.45) is 0 Å². The minimum atomic E-state index is -4.40. The van der Waals surface area contributed by atoms with Gasteiger partial charge < -0.3 is 4.74 Å². The van der Waals surface area contributed by atoms with E-state index in [4.69, 9.17) is 16.3 Å². The number of halogens is 4. The van der Waals surface area contributed by atoms with Crippen LogP contribution in [0.1, 0.15) is 25.0 Å². The molecule has 0 aromatic heterocycles. The van der Waals surface area contributed by atoms with Crippen molar-refractivity contribution in [1.29, 1.82) is 0 Å². The van der Waals surface area contributed by atoms with Crippen molar-refractivity contribution in [1.82, 2.24) is 0 Å². The maximum absolute atomic E-state index is 12.6. The van der Waals surface area contributed by atoms with Gasteiger partial charge in [-0.2, -0.15) is 13.2 Å². The highest BCUT2D eigenvalue weighted by Gasteiger charge is 2.34. The molecule has 0 aliphatic rings. The van der Waals surface area contributed by atoms with Gasteiger partial charge in [-0.25, -0.2) is 0 Å². The van der Waals surface area contributed by atoms with E-state index in [1.165, 1.54) is 12.1 Å². The second kappa shape index (κ2) is 5.06. The van der Waals surface area contributed by atoms with E-state index in [1.807, 2.05) is 0 Å². The first-order valence-electron chi connectivity index (χ1n) is 4.78. The van der Waals surface area contributed by atoms with Crippen LogP contribution in [0.4, 0.5) is 13.2 Å². The van der Waals surface area contributed by atoms with Crippen LogP contribution < -0.4 is 0 Å². The third kappa shape index (κ3) is 3.39. The highest BCUT2D eigenvalue weighted by molar-refractivity contribution is 6.31. The van der Waals surface area contributed by atoms with Gasteiger partial charge in [-0.3, -0.25) is 0 Å². The largest absolute Gasteiger partial charge is 0.416 e. The lowest BCUT2D eigenvalue weighted by Crippen LogP contribution is -2.12. The van der Waals surface area contributed by atoms with Crippen molar-refractivity contribution in [3.8, 4) is 0 Å². The molecule has 5 heteroatoms. The molecule has 1 rings (SSSR count). The minimum Gasteiger partial charge on any atom is -0.374 e. The fourth-order valence-corrected chi connectivity index (χ4v) is 1.45. The van der Waals surface area contributed by atoms with Gasteiger partial charge in [-0.05, 0) is 26.0 Å². The molecule has 90 valence electrons. The molecule has 0 saturated heterocycles. The predicted octanol–water partition coefficient (Wildman–Crippen LogP) is 4.28. The van der Waals surface area contributed by atoms with Gasteiger partial charge in [-0.15, -0.1) is 0 Å². The quantitative estimate of drug-likeness (QED) is 0.780. The minimum absolute atomic E-state index is 0.00892. The van der Waals surface area contributed by atoms with E-state index in [0.29, 0.717) is 0 Å². The highest BCUT2D eigenvalue weighted by atomic mass is 35.5. The molecule has 0 amide bonds. The zero-order valence-electron chi connectivity index (χ0n) is 8.94. The molecule has 0 heterocycles. The van der Waals surface area contributed by atoms with E-state index in [-0.39, 0.29) is 23.3 Å². The summed E-state index contributed by atoms with van der Waals surface area (Å²) in [6.07, 6.45) is -4.54. The average Bonchev–Trinajstić information content (AvgIpc) is 2.13. The van der Waals surface area contributed by atoms with Gasteiger partial charge >= 0.3 is 6.18 Å². The van der Waals surface area contributed by atoms with Gasteiger partial charge in [0.2, 0.25) is 0 Å². The fraction of sp³-hybridized carbons (Fsp3) is 0.455. The number of hydrogen-bond acceptors (Lipinski definition) is 1. The van der Waals surface area contributed by atoms with E-state index in [1.54, 1.807) is 13.8 Å². The Morgan fingerprint density at radius 2 is 1.94 bits per heavy atom. The van der Waals surface area contributed by atoms with Gasteiger partial charge in [0, 0.05) is 10.6 Å². The summed E-state index contributed by atoms with van der Waals surface area (Å²) in [5.74, 6) is 0. The summed E-state index contributed by atoms with van der Waals surface area (Å²) >= 11 is 5.74. The highest BCUT2D eigenvalue weighted by Crippen LogP contribution is 2.35. The topological polar surface area (TPSA) is 9.23 Å². The van der Waals surface area contributed by atoms with Crippen molar-refractivity contribution >= 4 is 11.6 Å². The zero-order valence-corrected chi connectivity index (χ0v) is 9.69. The van der Waals surface area contributed by atoms with Gasteiger partial charge in [0.15, 0.2) is 0 Å². The number of hydrogen-bond donors (Lipinski definition) is 0. The molecule has 0 aliphatic carbocycles. The normalized spacial score (nSPS) is 12.2. The standard InChI is InChI=1S/C11H12ClF3O/c1-7(2)16-6-8-9(11(13,14)15)4-3-5-10(8)12/h3-5,7H,6H2,1-2H3. The van der Waals surface area contributed by atoms with Gasteiger partial charge in [0.25, 0.3) is 0 Å². The third-order valence-electron chi connectivity index (χ3n) is 1.99. The monoisotopic (exact) mass is 252 g/mol. The van der Waals surface area contributed by atoms with Crippen molar-refractivity contribution in [2.75, 3.05) is 0 Å². The molecule has 1 nitrogen and oxygen atoms in total. The molecular formula is C11H12ClF3O. The van der Waals surface area contributed by atoms with Crippen LogP contribution >= 0.6 is 11.6 Å². The lowest BCUT2D eigenvalue weighted by atomic mass is 10.1. The lowest BCUT2D eigenvalue weighted by molar-refractivity contribution is -0.139. The van der Waals surface area contributed by atoms with Gasteiger partial charge in [-0.1, -0.05) is 17.7 Å². The van der Waals surface area contributed by atoms with E-state index in [9.17, 15) is 13.2 Å². The first-order chi connectivity index (χ1) is 7.32. The second-order valence-electron chi connectivity index (χ2n) is 3.62. The maximum atomic E-state index is 12.6. The molecule has 0 radical (unpaired) electrons. The first-order valence-corrected chi connectivity index (χ1v) is 5.16. The van der Waals surface area contributed by atoms with Crippen LogP contribution in [0.3, 0.4) is 0 Å². The Bertz CT molecular complexity index is 361. The van der Waals surface area contributed by atoms with E-state index >= 15 is 0 Å². The predicted molar refractivity (Wildman–Crippen MR) is 56.4 cm³/mol. The average molecular weight is 253 g/mol. The summed E-state index contributed by atoms with van der Waals surface area (Å²) < 4.78 is 43.1. The smallest absolute Gasteiger partial charge is 0.374 e. The molecule has 1 aromatic carbocycles. The zero-order chi connectivity index (χ0) is 12.3. The Kier molecular flexibility index (Phi) is 4.21. The molecule has 0 aliphatic heterocycles. The first kappa shape index (κ1) is 13.3. The summed E-state index contributed by atoms with van der Waals surface area (Å²) in [5.41, 5.74) is -0.744. The van der Waals surface area contributed by atoms with Crippen LogP contribution in [0.15, 0.2) is 18.2 Å². The van der Waals surface area contributed by atoms with E-state index in [2.05, 4.69) is 0 Å². The van der Waals surface area contributed by atoms with Crippen LogP contribution in [0.25, 0.3) is 0 Å². The summed E-state index contributed by atoms with van der Waals surface area (Å²) in [6, 6.07) is 3.71. The van der Waals surface area contributed by atoms with Crippen molar-refractivity contribution < 1.29 is 17.9 Å². The van der Waals surface area contributed by atoms with E-state index in [0.717, 1.165) is 6.07 Å². The van der Waals surface area contributed by atoms with Crippen molar-refractivity contribution in [3.05, 3.63) is 34.3 Å². The number of rotatable bonds is 3. The van der Waals surface area contributed by atoms with Gasteiger partial charge in [0.1, 0.15) is 0 Å². The summed E-state index contributed by atoms with van der Waals surface area (Å²) in [5, 5.41) is 0.0791. The molecule has 0 saturated carbocycles. The SMILES string of the molecule is CC(C)OCc1c(Cl)cccc1C(F)(F)F. The molecule has 16 heavy (non-hydrogen) atoms. The molecule has 0 bridgehead atoms. The lowest BCUT2D eigenvalue weighted by Gasteiger charge is -2.15. The third-order valence-corrected chi connectivity index (χ3v) is 2.34. The van der Waals surface area contributed by atoms with Crippen LogP contribution in [0, 0.1) is 0 Å². The second-order valence-corrected chi connectivity index (χ2v) is 4.03. The molecule has 0 unspecified atom stereocenters. The van der Waals surface area contributed by atoms with Crippen molar-refractivity contribution in [2.45, 2.75) is 32.7 Å². The van der Waals surface area contributed by atoms with Crippen LogP contribution in [0.5, 0.6) is 0 Å². The molecule has 0 fully saturated rings. The summed E-state index contributed by atoms with van der Waals surface area (Å²) in [7, 11) is 0. The molecule has 0 atom stereocenters. The molecule has 1 aromatic rings. The summed E-state index contributed by atoms with van der Waals surface area (Å²) in [4.78, 5) is 0. The van der Waals surface area contributed by atoms with Crippen LogP contribution in [-0.4, -0.2) is 6.10 Å². The van der Waals surface area contributed by atoms with E-state index < -0.39 is 11.7 Å². The van der Waals surface area contributed by atoms with Crippen LogP contribution in [-0.2, 0) is 17.5 Å². The Morgan fingerprint density at radius 1 is 1.31 bits per heavy atom. The molecule has 0 spiro atoms. The summed E-state index contributed by atoms with van der Waals surface area (Å²) in [6.45, 7) is 3.38. The number of alkyl halides is 3. The Balaban J connectivity index is 3.04. The van der Waals surface area contributed by atoms with Gasteiger partial charge in [0.05, 0.1) is 18.3 Å². The van der Waals surface area contributed by atoms with Crippen LogP contribution in [0.2, 0.25) is 5.02 Å². The fourth-order valence-electron chi connectivity index (χ4n) is 1.22. The van der Waals surface area contributed by atoms with Crippen molar-refractivity contribution in [3.63, 3.8) is 0 Å². The Morgan fingerprint density at radius 3 is 2.44 bits per heavy atom. The molecular weight excluding hydrogens is 241 g/mol.